The molecule has 1 aliphatic rings. The third kappa shape index (κ3) is 4.22. The van der Waals surface area contributed by atoms with E-state index in [1.165, 1.54) is 43.5 Å². The second-order valence-electron chi connectivity index (χ2n) is 6.86. The molecule has 0 spiro atoms. The molecule has 7 nitrogen and oxygen atoms in total. The van der Waals surface area contributed by atoms with E-state index in [0.29, 0.717) is 0 Å². The van der Waals surface area contributed by atoms with Gasteiger partial charge in [0.25, 0.3) is 17.7 Å². The van der Waals surface area contributed by atoms with E-state index in [0.717, 1.165) is 4.90 Å². The number of amides is 3. The predicted molar refractivity (Wildman–Crippen MR) is 117 cm³/mol. The Kier molecular flexibility index (Phi) is 5.97. The number of halogens is 3. The summed E-state index contributed by atoms with van der Waals surface area (Å²) in [7, 11) is 1.26. The molecule has 10 heteroatoms. The van der Waals surface area contributed by atoms with Gasteiger partial charge in [-0.1, -0.05) is 23.7 Å². The summed E-state index contributed by atoms with van der Waals surface area (Å²) in [6.07, 6.45) is 0. The molecule has 1 heterocycles. The molecule has 168 valence electrons. The Bertz CT molecular complexity index is 1250. The number of ether oxygens (including phenoxy) is 2. The lowest BCUT2D eigenvalue weighted by atomic mass is 10.1. The van der Waals surface area contributed by atoms with Crippen molar-refractivity contribution in [3.8, 4) is 11.5 Å². The average Bonchev–Trinajstić information content (AvgIpc) is 3.04. The van der Waals surface area contributed by atoms with Gasteiger partial charge in [-0.25, -0.2) is 4.90 Å². The van der Waals surface area contributed by atoms with E-state index in [1.54, 1.807) is 24.3 Å². The van der Waals surface area contributed by atoms with Gasteiger partial charge >= 0.3 is 6.61 Å². The minimum Gasteiger partial charge on any atom is -0.493 e. The number of rotatable bonds is 6. The van der Waals surface area contributed by atoms with Crippen LogP contribution < -0.4 is 19.7 Å². The molecule has 0 unspecified atom stereocenters. The molecule has 0 bridgehead atoms. The van der Waals surface area contributed by atoms with E-state index < -0.39 is 24.3 Å². The van der Waals surface area contributed by atoms with Gasteiger partial charge in [0.2, 0.25) is 0 Å². The lowest BCUT2D eigenvalue weighted by Crippen LogP contribution is -2.29. The molecule has 0 saturated heterocycles. The highest BCUT2D eigenvalue weighted by Gasteiger charge is 2.37. The molecule has 33 heavy (non-hydrogen) atoms. The Morgan fingerprint density at radius 1 is 0.970 bits per heavy atom. The maximum Gasteiger partial charge on any atom is 0.387 e. The van der Waals surface area contributed by atoms with Gasteiger partial charge in [0.15, 0.2) is 11.5 Å². The molecule has 0 radical (unpaired) electrons. The summed E-state index contributed by atoms with van der Waals surface area (Å²) in [5.74, 6) is -1.80. The van der Waals surface area contributed by atoms with E-state index in [-0.39, 0.29) is 44.6 Å². The first-order chi connectivity index (χ1) is 15.8. The van der Waals surface area contributed by atoms with Gasteiger partial charge in [0, 0.05) is 11.3 Å². The Morgan fingerprint density at radius 3 is 2.21 bits per heavy atom. The number of benzene rings is 3. The summed E-state index contributed by atoms with van der Waals surface area (Å²) in [4.78, 5) is 38.9. The first-order valence-electron chi connectivity index (χ1n) is 9.51. The highest BCUT2D eigenvalue weighted by Crippen LogP contribution is 2.35. The minimum absolute atomic E-state index is 0.0399. The number of anilines is 2. The van der Waals surface area contributed by atoms with Crippen molar-refractivity contribution in [1.82, 2.24) is 0 Å². The van der Waals surface area contributed by atoms with Crippen molar-refractivity contribution in [2.45, 2.75) is 6.61 Å². The standard InChI is InChI=1S/C23H15ClF2N2O5/c1-32-19-10-12(6-9-18(19)33-23(25)26)20(29)27-13-7-8-17(16(24)11-13)28-21(30)14-4-2-3-5-15(14)22(28)31/h2-11,23H,1H3,(H,27,29). The highest BCUT2D eigenvalue weighted by atomic mass is 35.5. The normalized spacial score (nSPS) is 12.7. The molecular formula is C23H15ClF2N2O5. The lowest BCUT2D eigenvalue weighted by Gasteiger charge is -2.17. The van der Waals surface area contributed by atoms with Crippen LogP contribution in [-0.2, 0) is 0 Å². The van der Waals surface area contributed by atoms with Crippen molar-refractivity contribution in [3.05, 3.63) is 82.4 Å². The molecular weight excluding hydrogens is 458 g/mol. The Labute approximate surface area is 191 Å². The third-order valence-corrected chi connectivity index (χ3v) is 5.19. The third-order valence-electron chi connectivity index (χ3n) is 4.88. The number of fused-ring (bicyclic) bond motifs is 1. The number of hydrogen-bond acceptors (Lipinski definition) is 5. The van der Waals surface area contributed by atoms with E-state index in [9.17, 15) is 23.2 Å². The van der Waals surface area contributed by atoms with Gasteiger partial charge < -0.3 is 14.8 Å². The van der Waals surface area contributed by atoms with Gasteiger partial charge in [0.05, 0.1) is 28.9 Å². The van der Waals surface area contributed by atoms with Gasteiger partial charge in [-0.05, 0) is 48.5 Å². The first-order valence-corrected chi connectivity index (χ1v) is 9.89. The zero-order chi connectivity index (χ0) is 23.7. The van der Waals surface area contributed by atoms with E-state index in [1.807, 2.05) is 0 Å². The molecule has 0 fully saturated rings. The summed E-state index contributed by atoms with van der Waals surface area (Å²) in [6.45, 7) is -3.04. The molecule has 0 saturated carbocycles. The molecule has 3 amide bonds. The van der Waals surface area contributed by atoms with Crippen molar-refractivity contribution in [2.24, 2.45) is 0 Å². The topological polar surface area (TPSA) is 84.9 Å². The largest absolute Gasteiger partial charge is 0.493 e. The quantitative estimate of drug-likeness (QED) is 0.510. The fourth-order valence-corrected chi connectivity index (χ4v) is 3.64. The minimum atomic E-state index is -3.04. The summed E-state index contributed by atoms with van der Waals surface area (Å²) in [5, 5.41) is 2.68. The molecule has 0 aromatic heterocycles. The van der Waals surface area contributed by atoms with Crippen LogP contribution in [-0.4, -0.2) is 31.4 Å². The van der Waals surface area contributed by atoms with Crippen LogP contribution in [0.1, 0.15) is 31.1 Å². The van der Waals surface area contributed by atoms with Gasteiger partial charge in [-0.2, -0.15) is 8.78 Å². The summed E-state index contributed by atoms with van der Waals surface area (Å²) < 4.78 is 34.3. The maximum absolute atomic E-state index is 12.7. The van der Waals surface area contributed by atoms with Crippen LogP contribution >= 0.6 is 11.6 Å². The molecule has 4 rings (SSSR count). The summed E-state index contributed by atoms with van der Waals surface area (Å²) in [5.41, 5.74) is 1.15. The fraction of sp³-hybridized carbons (Fsp3) is 0.0870. The molecule has 0 atom stereocenters. The van der Waals surface area contributed by atoms with Crippen molar-refractivity contribution in [1.29, 1.82) is 0 Å². The fourth-order valence-electron chi connectivity index (χ4n) is 3.38. The molecule has 0 aliphatic carbocycles. The summed E-state index contributed by atoms with van der Waals surface area (Å²) >= 11 is 6.32. The number of nitrogens with zero attached hydrogens (tertiary/aromatic N) is 1. The average molecular weight is 473 g/mol. The Morgan fingerprint density at radius 2 is 1.64 bits per heavy atom. The molecule has 3 aromatic rings. The molecule has 1 aliphatic heterocycles. The van der Waals surface area contributed by atoms with Crippen molar-refractivity contribution < 1.29 is 32.6 Å². The van der Waals surface area contributed by atoms with Crippen LogP contribution in [0.2, 0.25) is 5.02 Å². The Balaban J connectivity index is 1.54. The molecule has 3 aromatic carbocycles. The smallest absolute Gasteiger partial charge is 0.387 e. The van der Waals surface area contributed by atoms with Gasteiger partial charge in [0.1, 0.15) is 0 Å². The highest BCUT2D eigenvalue weighted by molar-refractivity contribution is 6.40. The number of nitrogens with one attached hydrogen (secondary N) is 1. The zero-order valence-corrected chi connectivity index (χ0v) is 17.7. The van der Waals surface area contributed by atoms with Crippen LogP contribution in [0.5, 0.6) is 11.5 Å². The van der Waals surface area contributed by atoms with E-state index in [2.05, 4.69) is 10.1 Å². The van der Waals surface area contributed by atoms with Crippen LogP contribution in [0.25, 0.3) is 0 Å². The van der Waals surface area contributed by atoms with E-state index >= 15 is 0 Å². The van der Waals surface area contributed by atoms with Crippen LogP contribution in [0.4, 0.5) is 20.2 Å². The second kappa shape index (κ2) is 8.87. The SMILES string of the molecule is COc1cc(C(=O)Nc2ccc(N3C(=O)c4ccccc4C3=O)c(Cl)c2)ccc1OC(F)F. The number of alkyl halides is 2. The van der Waals surface area contributed by atoms with Gasteiger partial charge in [-0.3, -0.25) is 14.4 Å². The first kappa shape index (κ1) is 22.2. The second-order valence-corrected chi connectivity index (χ2v) is 7.26. The number of hydrogen-bond donors (Lipinski definition) is 1. The van der Waals surface area contributed by atoms with Crippen LogP contribution in [0, 0.1) is 0 Å². The zero-order valence-electron chi connectivity index (χ0n) is 17.0. The Hall–Kier alpha value is -3.98. The summed E-state index contributed by atoms with van der Waals surface area (Å²) in [6, 6.07) is 14.5. The monoisotopic (exact) mass is 472 g/mol. The van der Waals surface area contributed by atoms with Crippen molar-refractivity contribution >= 4 is 40.7 Å². The molecule has 1 N–H and O–H groups in total. The van der Waals surface area contributed by atoms with Crippen LogP contribution in [0.15, 0.2) is 60.7 Å². The lowest BCUT2D eigenvalue weighted by molar-refractivity contribution is -0.0512. The van der Waals surface area contributed by atoms with Gasteiger partial charge in [-0.15, -0.1) is 0 Å². The number of imide groups is 1. The number of carbonyl (C=O) groups is 3. The van der Waals surface area contributed by atoms with Crippen LogP contribution in [0.3, 0.4) is 0 Å². The van der Waals surface area contributed by atoms with Crippen molar-refractivity contribution in [3.63, 3.8) is 0 Å². The van der Waals surface area contributed by atoms with E-state index in [4.69, 9.17) is 16.3 Å². The van der Waals surface area contributed by atoms with Crippen molar-refractivity contribution in [2.75, 3.05) is 17.3 Å². The number of methoxy groups -OCH3 is 1. The maximum atomic E-state index is 12.7. The number of carbonyl (C=O) groups excluding carboxylic acids is 3. The predicted octanol–water partition coefficient (Wildman–Crippen LogP) is 5.00.